The zero-order chi connectivity index (χ0) is 28.9. The fourth-order valence-electron chi connectivity index (χ4n) is 5.84. The number of carbonyl (C=O) groups is 1. The lowest BCUT2D eigenvalue weighted by Crippen LogP contribution is -2.48. The van der Waals surface area contributed by atoms with Gasteiger partial charge in [0.1, 0.15) is 29.7 Å². The maximum absolute atomic E-state index is 15.0. The van der Waals surface area contributed by atoms with E-state index in [9.17, 15) is 18.0 Å². The molecule has 220 valence electrons. The van der Waals surface area contributed by atoms with Crippen LogP contribution in [0.1, 0.15) is 37.2 Å². The van der Waals surface area contributed by atoms with Crippen LogP contribution in [0.5, 0.6) is 0 Å². The summed E-state index contributed by atoms with van der Waals surface area (Å²) in [5, 5.41) is 3.09. The van der Waals surface area contributed by atoms with Crippen molar-refractivity contribution < 1.29 is 27.4 Å². The Morgan fingerprint density at radius 3 is 2.61 bits per heavy atom. The molecule has 3 heterocycles. The van der Waals surface area contributed by atoms with E-state index in [1.807, 2.05) is 34.9 Å². The molecule has 4 atom stereocenters. The molecule has 0 unspecified atom stereocenters. The zero-order valence-electron chi connectivity index (χ0n) is 23.4. The van der Waals surface area contributed by atoms with Crippen molar-refractivity contribution in [1.82, 2.24) is 19.8 Å². The number of hydrogen-bond donors (Lipinski definition) is 1. The molecule has 0 saturated carbocycles. The van der Waals surface area contributed by atoms with Crippen LogP contribution in [0.25, 0.3) is 11.3 Å². The second-order valence-electron chi connectivity index (χ2n) is 10.9. The van der Waals surface area contributed by atoms with Gasteiger partial charge in [-0.2, -0.15) is 0 Å². The molecule has 0 spiro atoms. The van der Waals surface area contributed by atoms with Gasteiger partial charge in [-0.3, -0.25) is 4.79 Å². The number of carbonyl (C=O) groups excluding carboxylic acids is 1. The number of nitrogens with one attached hydrogen (secondary N) is 1. The summed E-state index contributed by atoms with van der Waals surface area (Å²) in [6.07, 6.45) is 1.19. The van der Waals surface area contributed by atoms with Crippen LogP contribution in [0.4, 0.5) is 13.2 Å². The van der Waals surface area contributed by atoms with E-state index >= 15 is 0 Å². The van der Waals surface area contributed by atoms with Crippen molar-refractivity contribution in [3.05, 3.63) is 77.8 Å². The van der Waals surface area contributed by atoms with E-state index in [4.69, 9.17) is 14.5 Å². The summed E-state index contributed by atoms with van der Waals surface area (Å²) in [5.74, 6) is -1.35. The fourth-order valence-corrected chi connectivity index (χ4v) is 5.84. The minimum Gasteiger partial charge on any atom is -0.381 e. The third kappa shape index (κ3) is 6.66. The molecule has 2 saturated heterocycles. The molecule has 2 aliphatic heterocycles. The first-order chi connectivity index (χ1) is 19.9. The number of methoxy groups -OCH3 is 1. The predicted octanol–water partition coefficient (Wildman–Crippen LogP) is 4.77. The molecule has 0 radical (unpaired) electrons. The summed E-state index contributed by atoms with van der Waals surface area (Å²) in [5.41, 5.74) is 1.29. The maximum Gasteiger partial charge on any atom is 0.252 e. The summed E-state index contributed by atoms with van der Waals surface area (Å²) >= 11 is 0. The van der Waals surface area contributed by atoms with Gasteiger partial charge in [-0.1, -0.05) is 30.3 Å². The summed E-state index contributed by atoms with van der Waals surface area (Å²) < 4.78 is 57.1. The Morgan fingerprint density at radius 2 is 1.93 bits per heavy atom. The van der Waals surface area contributed by atoms with E-state index in [1.54, 1.807) is 18.0 Å². The largest absolute Gasteiger partial charge is 0.381 e. The summed E-state index contributed by atoms with van der Waals surface area (Å²) in [4.78, 5) is 20.6. The van der Waals surface area contributed by atoms with Crippen molar-refractivity contribution in [3.8, 4) is 11.3 Å². The van der Waals surface area contributed by atoms with Gasteiger partial charge in [-0.05, 0) is 49.4 Å². The third-order valence-corrected chi connectivity index (χ3v) is 8.19. The topological polar surface area (TPSA) is 68.6 Å². The Hall–Kier alpha value is -3.21. The van der Waals surface area contributed by atoms with E-state index < -0.39 is 35.9 Å². The van der Waals surface area contributed by atoms with Crippen LogP contribution in [0.3, 0.4) is 0 Å². The van der Waals surface area contributed by atoms with Gasteiger partial charge in [-0.25, -0.2) is 18.2 Å². The first kappa shape index (κ1) is 29.3. The highest BCUT2D eigenvalue weighted by atomic mass is 19.1. The third-order valence-electron chi connectivity index (χ3n) is 8.19. The number of nitrogens with zero attached hydrogens (tertiary/aromatic N) is 3. The van der Waals surface area contributed by atoms with Gasteiger partial charge >= 0.3 is 0 Å². The molecular formula is C31H37F3N4O3. The van der Waals surface area contributed by atoms with E-state index in [1.165, 1.54) is 7.11 Å². The van der Waals surface area contributed by atoms with Crippen LogP contribution >= 0.6 is 0 Å². The Kier molecular flexibility index (Phi) is 9.42. The molecular weight excluding hydrogens is 533 g/mol. The number of benzene rings is 2. The zero-order valence-corrected chi connectivity index (χ0v) is 23.4. The second kappa shape index (κ2) is 13.2. The number of amides is 1. The van der Waals surface area contributed by atoms with E-state index in [2.05, 4.69) is 5.32 Å². The Bertz CT molecular complexity index is 1320. The molecule has 41 heavy (non-hydrogen) atoms. The Labute approximate surface area is 238 Å². The molecule has 1 N–H and O–H groups in total. The van der Waals surface area contributed by atoms with Gasteiger partial charge < -0.3 is 24.3 Å². The monoisotopic (exact) mass is 570 g/mol. The van der Waals surface area contributed by atoms with Crippen LogP contribution < -0.4 is 5.32 Å². The number of halogens is 3. The molecule has 5 rings (SSSR count). The summed E-state index contributed by atoms with van der Waals surface area (Å²) in [6.45, 7) is 3.98. The molecule has 1 amide bonds. The molecule has 2 aromatic carbocycles. The smallest absolute Gasteiger partial charge is 0.252 e. The SMILES string of the molecule is CO[C@@H](C)C(=O)N(C[C@@H]1CNC[C@@H]1F)[C@@H](c1nc(-c2cc(F)ccc2F)cn1Cc1ccccc1)C1CCOCC1. The molecule has 3 aromatic rings. The highest BCUT2D eigenvalue weighted by Gasteiger charge is 2.41. The van der Waals surface area contributed by atoms with Gasteiger partial charge in [0.05, 0.1) is 11.7 Å². The van der Waals surface area contributed by atoms with Crippen molar-refractivity contribution in [2.75, 3.05) is 40.0 Å². The first-order valence-corrected chi connectivity index (χ1v) is 14.2. The number of ether oxygens (including phenoxy) is 2. The number of rotatable bonds is 10. The van der Waals surface area contributed by atoms with E-state index in [-0.39, 0.29) is 36.2 Å². The molecule has 0 aliphatic carbocycles. The minimum absolute atomic E-state index is 0.0377. The fraction of sp³-hybridized carbons (Fsp3) is 0.484. The molecule has 10 heteroatoms. The van der Waals surface area contributed by atoms with E-state index in [0.717, 1.165) is 23.8 Å². The molecule has 0 bridgehead atoms. The normalized spacial score (nSPS) is 21.1. The van der Waals surface area contributed by atoms with Crippen LogP contribution in [0.15, 0.2) is 54.7 Å². The van der Waals surface area contributed by atoms with Crippen LogP contribution in [-0.2, 0) is 20.8 Å². The average Bonchev–Trinajstić information content (AvgIpc) is 3.59. The minimum atomic E-state index is -1.10. The second-order valence-corrected chi connectivity index (χ2v) is 10.9. The summed E-state index contributed by atoms with van der Waals surface area (Å²) in [7, 11) is 1.47. The average molecular weight is 571 g/mol. The van der Waals surface area contributed by atoms with Crippen molar-refractivity contribution in [3.63, 3.8) is 0 Å². The highest BCUT2D eigenvalue weighted by Crippen LogP contribution is 2.38. The van der Waals surface area contributed by atoms with Crippen molar-refractivity contribution in [2.45, 2.75) is 44.6 Å². The predicted molar refractivity (Wildman–Crippen MR) is 149 cm³/mol. The summed E-state index contributed by atoms with van der Waals surface area (Å²) in [6, 6.07) is 12.5. The molecule has 7 nitrogen and oxygen atoms in total. The van der Waals surface area contributed by atoms with Gasteiger partial charge in [0.25, 0.3) is 5.91 Å². The van der Waals surface area contributed by atoms with Gasteiger partial charge in [0, 0.05) is 64.2 Å². The van der Waals surface area contributed by atoms with Crippen molar-refractivity contribution >= 4 is 5.91 Å². The molecule has 2 fully saturated rings. The Morgan fingerprint density at radius 1 is 1.17 bits per heavy atom. The van der Waals surface area contributed by atoms with Gasteiger partial charge in [-0.15, -0.1) is 0 Å². The number of aromatic nitrogens is 2. The molecule has 1 aromatic heterocycles. The van der Waals surface area contributed by atoms with Gasteiger partial charge in [0.2, 0.25) is 0 Å². The molecule has 2 aliphatic rings. The lowest BCUT2D eigenvalue weighted by atomic mass is 9.88. The Balaban J connectivity index is 1.66. The highest BCUT2D eigenvalue weighted by molar-refractivity contribution is 5.81. The number of hydrogen-bond acceptors (Lipinski definition) is 5. The van der Waals surface area contributed by atoms with Crippen molar-refractivity contribution in [2.24, 2.45) is 11.8 Å². The van der Waals surface area contributed by atoms with Crippen LogP contribution in [0, 0.1) is 23.5 Å². The van der Waals surface area contributed by atoms with E-state index in [0.29, 0.717) is 45.0 Å². The van der Waals surface area contributed by atoms with Crippen LogP contribution in [0.2, 0.25) is 0 Å². The maximum atomic E-state index is 15.0. The lowest BCUT2D eigenvalue weighted by Gasteiger charge is -2.40. The number of alkyl halides is 1. The standard InChI is InChI=1S/C31H37F3N4O3/c1-20(40-2)31(39)38(18-23-15-35-16-27(23)34)29(22-10-12-41-13-11-22)30-36-28(25-14-24(32)8-9-26(25)33)19-37(30)17-21-6-4-3-5-7-21/h3-9,14,19-20,22-23,27,29,35H,10-13,15-18H2,1-2H3/t20-,23-,27-,29+/m0/s1. The van der Waals surface area contributed by atoms with Crippen LogP contribution in [-0.4, -0.2) is 72.6 Å². The number of imidazole rings is 1. The quantitative estimate of drug-likeness (QED) is 0.381. The lowest BCUT2D eigenvalue weighted by molar-refractivity contribution is -0.147. The first-order valence-electron chi connectivity index (χ1n) is 14.2. The van der Waals surface area contributed by atoms with Crippen molar-refractivity contribution in [1.29, 1.82) is 0 Å². The van der Waals surface area contributed by atoms with Gasteiger partial charge in [0.15, 0.2) is 0 Å².